The smallest absolute Gasteiger partial charge is 0.290 e. The van der Waals surface area contributed by atoms with Crippen LogP contribution in [0.25, 0.3) is 0 Å². The number of hydrogen-bond donors (Lipinski definition) is 4. The van der Waals surface area contributed by atoms with Gasteiger partial charge in [0.25, 0.3) is 6.47 Å². The molecule has 2 aliphatic heterocycles. The molecule has 0 aromatic heterocycles. The standard InChI is InChI=1S/C17H24N4O.CH2O2/c1-21-12-3-4-13(21)7-10(6-12)8-16(22)17(20)14-9-11(18)2-5-15(14)19;2-1-3/h2,5,9-10,12-13,20H,3-4,6-8,18-19H2,1H3;1H,(H,2,3). The number of hydrogen-bond acceptors (Lipinski definition) is 6. The van der Waals surface area contributed by atoms with Crippen molar-refractivity contribution in [1.29, 1.82) is 5.41 Å². The summed E-state index contributed by atoms with van der Waals surface area (Å²) >= 11 is 0. The summed E-state index contributed by atoms with van der Waals surface area (Å²) in [6.45, 7) is -0.250. The van der Waals surface area contributed by atoms with Crippen LogP contribution in [0.2, 0.25) is 0 Å². The molecule has 1 aromatic rings. The summed E-state index contributed by atoms with van der Waals surface area (Å²) in [6, 6.07) is 6.19. The molecular weight excluding hydrogens is 320 g/mol. The predicted molar refractivity (Wildman–Crippen MR) is 97.7 cm³/mol. The molecule has 2 unspecified atom stereocenters. The van der Waals surface area contributed by atoms with Crippen molar-refractivity contribution in [3.05, 3.63) is 23.8 Å². The van der Waals surface area contributed by atoms with Gasteiger partial charge in [0.1, 0.15) is 5.71 Å². The molecule has 3 rings (SSSR count). The Labute approximate surface area is 147 Å². The molecule has 2 atom stereocenters. The number of anilines is 2. The van der Waals surface area contributed by atoms with Crippen molar-refractivity contribution in [2.45, 2.75) is 44.2 Å². The lowest BCUT2D eigenvalue weighted by Crippen LogP contribution is -2.40. The van der Waals surface area contributed by atoms with Crippen LogP contribution in [-0.4, -0.2) is 47.1 Å². The Morgan fingerprint density at radius 3 is 2.44 bits per heavy atom. The van der Waals surface area contributed by atoms with E-state index in [-0.39, 0.29) is 18.0 Å². The van der Waals surface area contributed by atoms with Crippen molar-refractivity contribution < 1.29 is 14.7 Å². The van der Waals surface area contributed by atoms with E-state index < -0.39 is 0 Å². The first-order valence-electron chi connectivity index (χ1n) is 8.44. The summed E-state index contributed by atoms with van der Waals surface area (Å²) in [5, 5.41) is 15.0. The predicted octanol–water partition coefficient (Wildman–Crippen LogP) is 1.75. The summed E-state index contributed by atoms with van der Waals surface area (Å²) in [4.78, 5) is 23.3. The Morgan fingerprint density at radius 1 is 1.32 bits per heavy atom. The van der Waals surface area contributed by atoms with Gasteiger partial charge in [0.05, 0.1) is 0 Å². The second kappa shape index (κ2) is 8.11. The zero-order chi connectivity index (χ0) is 18.6. The zero-order valence-corrected chi connectivity index (χ0v) is 14.4. The van der Waals surface area contributed by atoms with E-state index in [4.69, 9.17) is 26.8 Å². The Morgan fingerprint density at radius 2 is 1.88 bits per heavy atom. The van der Waals surface area contributed by atoms with E-state index in [1.807, 2.05) is 0 Å². The number of nitrogen functional groups attached to an aromatic ring is 2. The molecule has 6 N–H and O–H groups in total. The number of nitrogens with two attached hydrogens (primary N) is 2. The Hall–Kier alpha value is -2.41. The van der Waals surface area contributed by atoms with Gasteiger partial charge in [0.15, 0.2) is 5.78 Å². The second-order valence-corrected chi connectivity index (χ2v) is 6.84. The highest BCUT2D eigenvalue weighted by molar-refractivity contribution is 6.46. The molecule has 0 radical (unpaired) electrons. The first-order valence-corrected chi connectivity index (χ1v) is 8.44. The molecule has 2 aliphatic rings. The largest absolute Gasteiger partial charge is 0.483 e. The van der Waals surface area contributed by atoms with Crippen LogP contribution in [0.1, 0.15) is 37.7 Å². The molecule has 7 nitrogen and oxygen atoms in total. The van der Waals surface area contributed by atoms with Crippen molar-refractivity contribution in [2.75, 3.05) is 18.5 Å². The van der Waals surface area contributed by atoms with Gasteiger partial charge in [-0.3, -0.25) is 15.0 Å². The SMILES string of the molecule is CN1C2CCC1CC(CC(=O)C(=N)c1cc(N)ccc1N)C2.O=CO. The topological polar surface area (TPSA) is 134 Å². The van der Waals surface area contributed by atoms with E-state index in [1.165, 1.54) is 12.8 Å². The maximum atomic E-state index is 12.5. The third-order valence-corrected chi connectivity index (χ3v) is 5.30. The molecular formula is C18H26N4O3. The lowest BCUT2D eigenvalue weighted by Gasteiger charge is -2.36. The number of fused-ring (bicyclic) bond motifs is 2. The van der Waals surface area contributed by atoms with Crippen LogP contribution in [0, 0.1) is 11.3 Å². The van der Waals surface area contributed by atoms with Crippen molar-refractivity contribution in [3.8, 4) is 0 Å². The summed E-state index contributed by atoms with van der Waals surface area (Å²) in [5.74, 6) is 0.273. The van der Waals surface area contributed by atoms with E-state index in [2.05, 4.69) is 11.9 Å². The van der Waals surface area contributed by atoms with Crippen molar-refractivity contribution in [2.24, 2.45) is 5.92 Å². The Bertz CT molecular complexity index is 648. The summed E-state index contributed by atoms with van der Waals surface area (Å²) in [5.41, 5.74) is 13.0. The number of carboxylic acid groups (broad SMARTS) is 1. The molecule has 1 aromatic carbocycles. The van der Waals surface area contributed by atoms with E-state index >= 15 is 0 Å². The van der Waals surface area contributed by atoms with Gasteiger partial charge in [-0.05, 0) is 56.8 Å². The van der Waals surface area contributed by atoms with Crippen LogP contribution in [-0.2, 0) is 9.59 Å². The molecule has 0 aliphatic carbocycles. The highest BCUT2D eigenvalue weighted by Gasteiger charge is 2.39. The summed E-state index contributed by atoms with van der Waals surface area (Å²) < 4.78 is 0. The van der Waals surface area contributed by atoms with Crippen LogP contribution < -0.4 is 11.5 Å². The number of carbonyl (C=O) groups excluding carboxylic acids is 1. The molecule has 7 heteroatoms. The third kappa shape index (κ3) is 4.36. The maximum absolute atomic E-state index is 12.5. The van der Waals surface area contributed by atoms with E-state index in [0.29, 0.717) is 41.4 Å². The third-order valence-electron chi connectivity index (χ3n) is 5.30. The van der Waals surface area contributed by atoms with Crippen LogP contribution >= 0.6 is 0 Å². The minimum Gasteiger partial charge on any atom is -0.483 e. The van der Waals surface area contributed by atoms with Gasteiger partial charge in [-0.2, -0.15) is 0 Å². The number of carbonyl (C=O) groups is 2. The first-order chi connectivity index (χ1) is 11.9. The molecule has 136 valence electrons. The van der Waals surface area contributed by atoms with Crippen molar-refractivity contribution in [3.63, 3.8) is 0 Å². The molecule has 2 heterocycles. The quantitative estimate of drug-likeness (QED) is 0.373. The normalized spacial score (nSPS) is 24.9. The van der Waals surface area contributed by atoms with Gasteiger partial charge in [-0.25, -0.2) is 0 Å². The van der Waals surface area contributed by atoms with Crippen LogP contribution in [0.5, 0.6) is 0 Å². The number of Topliss-reactive ketones (excluding diaryl/α,β-unsaturated/α-hetero) is 1. The van der Waals surface area contributed by atoms with Crippen molar-refractivity contribution in [1.82, 2.24) is 4.90 Å². The van der Waals surface area contributed by atoms with Crippen LogP contribution in [0.15, 0.2) is 18.2 Å². The maximum Gasteiger partial charge on any atom is 0.290 e. The van der Waals surface area contributed by atoms with E-state index in [1.54, 1.807) is 18.2 Å². The number of nitrogens with one attached hydrogen (secondary N) is 1. The molecule has 2 fully saturated rings. The lowest BCUT2D eigenvalue weighted by atomic mass is 9.85. The average molecular weight is 346 g/mol. The molecule has 2 bridgehead atoms. The van der Waals surface area contributed by atoms with Crippen molar-refractivity contribution >= 4 is 29.3 Å². The van der Waals surface area contributed by atoms with Crippen LogP contribution in [0.3, 0.4) is 0 Å². The second-order valence-electron chi connectivity index (χ2n) is 6.84. The molecule has 2 saturated heterocycles. The van der Waals surface area contributed by atoms with Gasteiger partial charge < -0.3 is 21.5 Å². The Balaban J connectivity index is 0.000000701. The fraction of sp³-hybridized carbons (Fsp3) is 0.500. The van der Waals surface area contributed by atoms with Gasteiger partial charge in [0, 0.05) is 35.4 Å². The van der Waals surface area contributed by atoms with Gasteiger partial charge in [-0.15, -0.1) is 0 Å². The van der Waals surface area contributed by atoms with Crippen LogP contribution in [0.4, 0.5) is 11.4 Å². The number of benzene rings is 1. The molecule has 0 amide bonds. The lowest BCUT2D eigenvalue weighted by molar-refractivity contribution is -0.123. The number of nitrogens with zero attached hydrogens (tertiary/aromatic N) is 1. The highest BCUT2D eigenvalue weighted by atomic mass is 16.3. The number of piperidine rings is 1. The number of rotatable bonds is 4. The first kappa shape index (κ1) is 18.9. The minimum absolute atomic E-state index is 0.00363. The zero-order valence-electron chi connectivity index (χ0n) is 14.4. The minimum atomic E-state index is -0.250. The van der Waals surface area contributed by atoms with E-state index in [9.17, 15) is 4.79 Å². The van der Waals surface area contributed by atoms with Gasteiger partial charge in [-0.1, -0.05) is 0 Å². The fourth-order valence-corrected chi connectivity index (χ4v) is 4.00. The summed E-state index contributed by atoms with van der Waals surface area (Å²) in [7, 11) is 2.19. The van der Waals surface area contributed by atoms with E-state index in [0.717, 1.165) is 12.8 Å². The Kier molecular flexibility index (Phi) is 6.14. The van der Waals surface area contributed by atoms with Gasteiger partial charge >= 0.3 is 0 Å². The van der Waals surface area contributed by atoms with Gasteiger partial charge in [0.2, 0.25) is 0 Å². The summed E-state index contributed by atoms with van der Waals surface area (Å²) in [6.07, 6.45) is 5.07. The fourth-order valence-electron chi connectivity index (χ4n) is 4.00. The molecule has 0 saturated carbocycles. The monoisotopic (exact) mass is 346 g/mol. The highest BCUT2D eigenvalue weighted by Crippen LogP contribution is 2.38. The number of ketones is 1. The average Bonchev–Trinajstić information content (AvgIpc) is 2.79. The molecule has 0 spiro atoms. The molecule has 25 heavy (non-hydrogen) atoms.